The summed E-state index contributed by atoms with van der Waals surface area (Å²) >= 11 is 3.30. The van der Waals surface area contributed by atoms with E-state index in [-0.39, 0.29) is 11.4 Å². The molecule has 3 aromatic rings. The van der Waals surface area contributed by atoms with Crippen LogP contribution in [0.15, 0.2) is 57.8 Å². The molecule has 0 spiro atoms. The van der Waals surface area contributed by atoms with E-state index in [4.69, 9.17) is 0 Å². The molecule has 0 aliphatic heterocycles. The molecule has 150 valence electrons. The number of anilines is 1. The predicted molar refractivity (Wildman–Crippen MR) is 106 cm³/mol. The zero-order chi connectivity index (χ0) is 21.3. The molecule has 0 fully saturated rings. The molecule has 0 saturated carbocycles. The second-order valence-corrected chi connectivity index (χ2v) is 7.25. The Morgan fingerprint density at radius 3 is 2.48 bits per heavy atom. The van der Waals surface area contributed by atoms with Gasteiger partial charge in [0.05, 0.1) is 11.3 Å². The van der Waals surface area contributed by atoms with Crippen LogP contribution in [0.25, 0.3) is 5.69 Å². The van der Waals surface area contributed by atoms with Crippen LogP contribution in [0, 0.1) is 13.8 Å². The van der Waals surface area contributed by atoms with Crippen molar-refractivity contribution in [3.8, 4) is 5.69 Å². The first-order chi connectivity index (χ1) is 13.6. The number of rotatable bonds is 3. The Balaban J connectivity index is 2.09. The number of hydrogen-bond donors (Lipinski definition) is 1. The highest BCUT2D eigenvalue weighted by Crippen LogP contribution is 2.33. The first-order valence-corrected chi connectivity index (χ1v) is 9.22. The molecule has 0 atom stereocenters. The molecule has 1 aromatic heterocycles. The molecule has 3 rings (SSSR count). The van der Waals surface area contributed by atoms with Crippen molar-refractivity contribution in [1.82, 2.24) is 9.78 Å². The van der Waals surface area contributed by atoms with Crippen molar-refractivity contribution in [2.24, 2.45) is 0 Å². The number of benzene rings is 2. The monoisotopic (exact) mass is 465 g/mol. The molecule has 5 nitrogen and oxygen atoms in total. The van der Waals surface area contributed by atoms with Crippen LogP contribution in [-0.4, -0.2) is 15.7 Å². The number of para-hydroxylation sites is 1. The van der Waals surface area contributed by atoms with Gasteiger partial charge in [-0.2, -0.15) is 18.3 Å². The summed E-state index contributed by atoms with van der Waals surface area (Å²) in [6.07, 6.45) is -4.62. The fraction of sp³-hybridized carbons (Fsp3) is 0.150. The number of amides is 1. The molecular formula is C20H15BrF3N3O2. The summed E-state index contributed by atoms with van der Waals surface area (Å²) in [7, 11) is 0. The molecule has 1 amide bonds. The van der Waals surface area contributed by atoms with Crippen LogP contribution in [0.1, 0.15) is 27.3 Å². The Hall–Kier alpha value is -2.94. The number of aromatic nitrogens is 2. The van der Waals surface area contributed by atoms with Crippen LogP contribution < -0.4 is 10.7 Å². The summed E-state index contributed by atoms with van der Waals surface area (Å²) in [4.78, 5) is 25.0. The summed E-state index contributed by atoms with van der Waals surface area (Å²) in [5, 5.41) is 6.53. The van der Waals surface area contributed by atoms with Crippen LogP contribution in [-0.2, 0) is 6.18 Å². The lowest BCUT2D eigenvalue weighted by Gasteiger charge is -2.17. The zero-order valence-corrected chi connectivity index (χ0v) is 16.9. The van der Waals surface area contributed by atoms with Gasteiger partial charge in [0.1, 0.15) is 0 Å². The van der Waals surface area contributed by atoms with Gasteiger partial charge in [0.25, 0.3) is 5.91 Å². The minimum atomic E-state index is -4.62. The number of alkyl halides is 3. The summed E-state index contributed by atoms with van der Waals surface area (Å²) in [6.45, 7) is 3.21. The number of carbonyl (C=O) groups excluding carboxylic acids is 1. The normalized spacial score (nSPS) is 11.4. The van der Waals surface area contributed by atoms with Crippen LogP contribution in [0.3, 0.4) is 0 Å². The van der Waals surface area contributed by atoms with Crippen LogP contribution in [0.4, 0.5) is 18.9 Å². The fourth-order valence-corrected chi connectivity index (χ4v) is 3.12. The maximum Gasteiger partial charge on any atom is 0.418 e. The lowest BCUT2D eigenvalue weighted by Crippen LogP contribution is -2.27. The number of nitrogens with one attached hydrogen (secondary N) is 1. The van der Waals surface area contributed by atoms with E-state index in [0.29, 0.717) is 10.2 Å². The van der Waals surface area contributed by atoms with Crippen LogP contribution >= 0.6 is 15.9 Å². The van der Waals surface area contributed by atoms with Crippen LogP contribution in [0.5, 0.6) is 0 Å². The lowest BCUT2D eigenvalue weighted by atomic mass is 10.1. The van der Waals surface area contributed by atoms with Gasteiger partial charge in [-0.3, -0.25) is 9.59 Å². The van der Waals surface area contributed by atoms with Crippen molar-refractivity contribution < 1.29 is 18.0 Å². The zero-order valence-electron chi connectivity index (χ0n) is 15.3. The third kappa shape index (κ3) is 4.40. The molecule has 0 unspecified atom stereocenters. The highest BCUT2D eigenvalue weighted by atomic mass is 79.9. The largest absolute Gasteiger partial charge is 0.418 e. The van der Waals surface area contributed by atoms with Crippen molar-refractivity contribution in [1.29, 1.82) is 0 Å². The van der Waals surface area contributed by atoms with Gasteiger partial charge in [0.2, 0.25) is 5.43 Å². The quantitative estimate of drug-likeness (QED) is 0.599. The Labute approximate surface area is 172 Å². The van der Waals surface area contributed by atoms with Crippen molar-refractivity contribution in [2.45, 2.75) is 20.0 Å². The van der Waals surface area contributed by atoms with E-state index in [1.165, 1.54) is 25.1 Å². The lowest BCUT2D eigenvalue weighted by molar-refractivity contribution is -0.137. The van der Waals surface area contributed by atoms with E-state index in [9.17, 15) is 22.8 Å². The SMILES string of the molecule is Cc1ccc(Br)cc1NC(=O)c1nn(-c2ccccc2C(F)(F)F)c(C)cc1=O. The predicted octanol–water partition coefficient (Wildman–Crippen LogP) is 4.88. The highest BCUT2D eigenvalue weighted by molar-refractivity contribution is 9.10. The average Bonchev–Trinajstić information content (AvgIpc) is 2.64. The van der Waals surface area contributed by atoms with Gasteiger partial charge in [-0.15, -0.1) is 0 Å². The van der Waals surface area contributed by atoms with Gasteiger partial charge < -0.3 is 5.32 Å². The summed E-state index contributed by atoms with van der Waals surface area (Å²) in [6, 6.07) is 11.1. The Morgan fingerprint density at radius 1 is 1.10 bits per heavy atom. The summed E-state index contributed by atoms with van der Waals surface area (Å²) in [5.41, 5.74) is -1.02. The minimum absolute atomic E-state index is 0.168. The molecule has 0 aliphatic carbocycles. The first-order valence-electron chi connectivity index (χ1n) is 8.43. The fourth-order valence-electron chi connectivity index (χ4n) is 2.76. The Bertz CT molecular complexity index is 1160. The van der Waals surface area contributed by atoms with E-state index in [1.807, 2.05) is 0 Å². The van der Waals surface area contributed by atoms with Crippen molar-refractivity contribution in [3.05, 3.63) is 85.7 Å². The molecule has 1 heterocycles. The van der Waals surface area contributed by atoms with E-state index < -0.39 is 28.8 Å². The molecule has 9 heteroatoms. The highest BCUT2D eigenvalue weighted by Gasteiger charge is 2.34. The van der Waals surface area contributed by atoms with E-state index in [2.05, 4.69) is 26.3 Å². The van der Waals surface area contributed by atoms with Crippen molar-refractivity contribution >= 4 is 27.5 Å². The first kappa shape index (κ1) is 20.8. The van der Waals surface area contributed by atoms with Gasteiger partial charge >= 0.3 is 6.18 Å². The molecule has 29 heavy (non-hydrogen) atoms. The van der Waals surface area contributed by atoms with E-state index in [0.717, 1.165) is 22.4 Å². The molecule has 0 bridgehead atoms. The summed E-state index contributed by atoms with van der Waals surface area (Å²) in [5.74, 6) is -0.811. The summed E-state index contributed by atoms with van der Waals surface area (Å²) < 4.78 is 41.8. The number of carbonyl (C=O) groups is 1. The molecular weight excluding hydrogens is 451 g/mol. The molecule has 0 aliphatic rings. The third-order valence-electron chi connectivity index (χ3n) is 4.21. The molecule has 1 N–H and O–H groups in total. The number of aryl methyl sites for hydroxylation is 2. The van der Waals surface area contributed by atoms with Crippen molar-refractivity contribution in [2.75, 3.05) is 5.32 Å². The van der Waals surface area contributed by atoms with Gasteiger partial charge in [-0.1, -0.05) is 34.1 Å². The number of hydrogen-bond acceptors (Lipinski definition) is 3. The van der Waals surface area contributed by atoms with Crippen molar-refractivity contribution in [3.63, 3.8) is 0 Å². The molecule has 0 radical (unpaired) electrons. The smallest absolute Gasteiger partial charge is 0.320 e. The Kier molecular flexibility index (Phi) is 5.61. The number of halogens is 4. The second kappa shape index (κ2) is 7.82. The van der Waals surface area contributed by atoms with Gasteiger partial charge in [-0.25, -0.2) is 4.68 Å². The molecule has 0 saturated heterocycles. The molecule has 2 aromatic carbocycles. The van der Waals surface area contributed by atoms with Gasteiger partial charge in [0, 0.05) is 21.9 Å². The van der Waals surface area contributed by atoms with E-state index >= 15 is 0 Å². The van der Waals surface area contributed by atoms with Crippen LogP contribution in [0.2, 0.25) is 0 Å². The maximum atomic E-state index is 13.4. The maximum absolute atomic E-state index is 13.4. The van der Waals surface area contributed by atoms with Gasteiger partial charge in [-0.05, 0) is 43.7 Å². The Morgan fingerprint density at radius 2 is 1.79 bits per heavy atom. The topological polar surface area (TPSA) is 64.0 Å². The second-order valence-electron chi connectivity index (χ2n) is 6.34. The average molecular weight is 466 g/mol. The number of nitrogens with zero attached hydrogens (tertiary/aromatic N) is 2. The standard InChI is InChI=1S/C20H15BrF3N3O2/c1-11-7-8-13(21)10-15(11)25-19(29)18-17(28)9-12(2)27(26-18)16-6-4-3-5-14(16)20(22,23)24/h3-10H,1-2H3,(H,25,29). The van der Waals surface area contributed by atoms with E-state index in [1.54, 1.807) is 25.1 Å². The van der Waals surface area contributed by atoms with Gasteiger partial charge in [0.15, 0.2) is 5.69 Å². The third-order valence-corrected chi connectivity index (χ3v) is 4.70. The minimum Gasteiger partial charge on any atom is -0.320 e.